The number of rotatable bonds is 13. The van der Waals surface area contributed by atoms with Crippen molar-refractivity contribution >= 4 is 45.8 Å². The van der Waals surface area contributed by atoms with E-state index < -0.39 is 48.4 Å². The minimum Gasteiger partial charge on any atom is -0.488 e. The van der Waals surface area contributed by atoms with E-state index in [1.807, 2.05) is 24.3 Å². The molecule has 1 radical (unpaired) electrons. The highest BCUT2D eigenvalue weighted by atomic mass is 16.5. The molecule has 8 rings (SSSR count). The molecule has 2 saturated heterocycles. The number of likely N-dealkylation sites (tertiary alicyclic amines) is 2. The predicted octanol–water partition coefficient (Wildman–Crippen LogP) is 7.16. The number of hydrogen-bond donors (Lipinski definition) is 5. The lowest BCUT2D eigenvalue weighted by atomic mass is 9.92. The molecule has 0 saturated carbocycles. The molecule has 3 aromatic carbocycles. The standard InChI is InChI=1S/C45H54N8O10.C4H9/c1-22-12-34(52(18-22)43(55)38(24(3)61-6)51-45(58)62-7)40-46-17-33(48-40)27-8-10-29-28(14-27)21-63-36-16-30-26(15-31(29)36)9-11-32-39(30)49-41(47-32)35-13-25(20-59-4)19-53(35)42(54)37(23(2)60-5)50-44(56)57;1-4(2)3/h8-11,14-17,22-25,34-35,37-38,50H,12-13,18-21H2,1-7H3,(H,46,48)(H,47,49)(H,51,58)(H,56,57);1-3H3/t22-,23+,24?,25-,34-,35-,37-,38-;/m0./s1. The number of carbonyl (C=O) groups excluding carboxylic acids is 3. The molecule has 0 bridgehead atoms. The second-order valence-corrected chi connectivity index (χ2v) is 18.3. The molecule has 5 aromatic rings. The number of ether oxygens (including phenoxy) is 5. The SMILES string of the molecule is COC[C@H]1C[C@@H](c2nc3ccc4cc5c(cc4c3[nH]2)OCc2cc(-c3cnc([C@@H]4C[C@H](C)CN4C(=O)[C@@H](NC(=O)OC)C(C)OC)[nH]3)ccc2-5)N(C(=O)[C@@H](NC(=O)O)[C@@H](C)OC)C1.C[C](C)C. The van der Waals surface area contributed by atoms with E-state index in [9.17, 15) is 24.3 Å². The third kappa shape index (κ3) is 10.4. The van der Waals surface area contributed by atoms with Gasteiger partial charge in [0.1, 0.15) is 36.1 Å². The summed E-state index contributed by atoms with van der Waals surface area (Å²) in [5.41, 5.74) is 6.26. The molecule has 1 unspecified atom stereocenters. The second-order valence-electron chi connectivity index (χ2n) is 18.3. The lowest BCUT2D eigenvalue weighted by Crippen LogP contribution is -2.54. The van der Waals surface area contributed by atoms with Crippen molar-refractivity contribution in [3.05, 3.63) is 71.8 Å². The van der Waals surface area contributed by atoms with Crippen LogP contribution in [0.15, 0.2) is 48.7 Å². The summed E-state index contributed by atoms with van der Waals surface area (Å²) in [7, 11) is 5.81. The van der Waals surface area contributed by atoms with Crippen LogP contribution >= 0.6 is 0 Å². The monoisotopic (exact) mass is 923 g/mol. The van der Waals surface area contributed by atoms with Gasteiger partial charge >= 0.3 is 12.2 Å². The van der Waals surface area contributed by atoms with Gasteiger partial charge in [0, 0.05) is 51.3 Å². The van der Waals surface area contributed by atoms with Crippen molar-refractivity contribution in [2.75, 3.05) is 48.1 Å². The molecule has 0 spiro atoms. The number of amides is 4. The quantitative estimate of drug-likeness (QED) is 0.0794. The first-order valence-electron chi connectivity index (χ1n) is 22.6. The Morgan fingerprint density at radius 2 is 1.52 bits per heavy atom. The first-order chi connectivity index (χ1) is 32.0. The van der Waals surface area contributed by atoms with Gasteiger partial charge in [0.2, 0.25) is 11.8 Å². The van der Waals surface area contributed by atoms with Gasteiger partial charge in [0.05, 0.1) is 60.9 Å². The van der Waals surface area contributed by atoms with Crippen LogP contribution in [0.3, 0.4) is 0 Å². The highest BCUT2D eigenvalue weighted by molar-refractivity contribution is 6.07. The Hall–Kier alpha value is -6.24. The van der Waals surface area contributed by atoms with Crippen LogP contribution in [0.25, 0.3) is 44.2 Å². The zero-order valence-electron chi connectivity index (χ0n) is 39.9. The van der Waals surface area contributed by atoms with Crippen LogP contribution in [0.2, 0.25) is 0 Å². The van der Waals surface area contributed by atoms with Crippen LogP contribution in [0, 0.1) is 17.8 Å². The summed E-state index contributed by atoms with van der Waals surface area (Å²) < 4.78 is 27.5. The van der Waals surface area contributed by atoms with Crippen molar-refractivity contribution in [1.29, 1.82) is 0 Å². The van der Waals surface area contributed by atoms with Crippen molar-refractivity contribution in [3.63, 3.8) is 0 Å². The topological polar surface area (TPSA) is 223 Å². The van der Waals surface area contributed by atoms with E-state index in [2.05, 4.69) is 66.5 Å². The molecular formula is C49H63N8O10. The van der Waals surface area contributed by atoms with Gasteiger partial charge in [-0.1, -0.05) is 45.9 Å². The number of aromatic amines is 2. The van der Waals surface area contributed by atoms with Crippen LogP contribution in [0.1, 0.15) is 83.7 Å². The van der Waals surface area contributed by atoms with Gasteiger partial charge in [-0.3, -0.25) is 9.59 Å². The number of carboxylic acid groups (broad SMARTS) is 1. The first kappa shape index (κ1) is 48.7. The van der Waals surface area contributed by atoms with Crippen LogP contribution in [-0.2, 0) is 35.1 Å². The highest BCUT2D eigenvalue weighted by Crippen LogP contribution is 2.44. The van der Waals surface area contributed by atoms with E-state index in [1.54, 1.807) is 37.0 Å². The van der Waals surface area contributed by atoms with E-state index in [4.69, 9.17) is 33.7 Å². The van der Waals surface area contributed by atoms with Crippen molar-refractivity contribution in [3.8, 4) is 28.1 Å². The normalized spacial score (nSPS) is 20.6. The lowest BCUT2D eigenvalue weighted by molar-refractivity contribution is -0.138. The third-order valence-electron chi connectivity index (χ3n) is 12.7. The predicted molar refractivity (Wildman–Crippen MR) is 251 cm³/mol. The van der Waals surface area contributed by atoms with Crippen molar-refractivity contribution < 1.29 is 48.0 Å². The number of fused-ring (bicyclic) bond motifs is 6. The second kappa shape index (κ2) is 20.7. The maximum atomic E-state index is 14.0. The van der Waals surface area contributed by atoms with Gasteiger partial charge in [-0.15, -0.1) is 0 Å². The molecule has 18 heteroatoms. The Bertz CT molecular complexity index is 2590. The Morgan fingerprint density at radius 1 is 0.851 bits per heavy atom. The van der Waals surface area contributed by atoms with Crippen molar-refractivity contribution in [2.24, 2.45) is 11.8 Å². The van der Waals surface area contributed by atoms with Crippen LogP contribution in [-0.4, -0.2) is 131 Å². The molecule has 18 nitrogen and oxygen atoms in total. The number of benzene rings is 3. The largest absolute Gasteiger partial charge is 0.488 e. The summed E-state index contributed by atoms with van der Waals surface area (Å²) in [6.45, 7) is 13.4. The van der Waals surface area contributed by atoms with Crippen molar-refractivity contribution in [1.82, 2.24) is 40.4 Å². The molecule has 5 heterocycles. The summed E-state index contributed by atoms with van der Waals surface area (Å²) >= 11 is 0. The molecule has 3 aliphatic heterocycles. The first-order valence-corrected chi connectivity index (χ1v) is 22.6. The van der Waals surface area contributed by atoms with E-state index >= 15 is 0 Å². The number of carbonyl (C=O) groups is 4. The zero-order chi connectivity index (χ0) is 48.3. The average molecular weight is 924 g/mol. The number of methoxy groups -OCH3 is 4. The van der Waals surface area contributed by atoms with Gasteiger partial charge in [-0.05, 0) is 84.9 Å². The molecule has 5 N–H and O–H groups in total. The van der Waals surface area contributed by atoms with Crippen LogP contribution < -0.4 is 15.4 Å². The Labute approximate surface area is 390 Å². The summed E-state index contributed by atoms with van der Waals surface area (Å²) in [5, 5.41) is 16.4. The van der Waals surface area contributed by atoms with Crippen LogP contribution in [0.5, 0.6) is 5.75 Å². The number of imidazole rings is 2. The average Bonchev–Trinajstić information content (AvgIpc) is 4.14. The summed E-state index contributed by atoms with van der Waals surface area (Å²) in [6.07, 6.45) is -0.237. The molecule has 0 aliphatic carbocycles. The number of aromatic nitrogens is 4. The van der Waals surface area contributed by atoms with E-state index in [1.165, 1.54) is 27.2 Å². The molecule has 3 aliphatic rings. The number of alkyl carbamates (subject to hydrolysis) is 1. The van der Waals surface area contributed by atoms with Crippen molar-refractivity contribution in [2.45, 2.75) is 97.4 Å². The lowest BCUT2D eigenvalue weighted by Gasteiger charge is -2.30. The molecule has 2 aromatic heterocycles. The molecule has 359 valence electrons. The molecular weight excluding hydrogens is 861 g/mol. The summed E-state index contributed by atoms with van der Waals surface area (Å²) in [4.78, 5) is 71.8. The fraction of sp³-hybridized carbons (Fsp3) is 0.490. The smallest absolute Gasteiger partial charge is 0.407 e. The van der Waals surface area contributed by atoms with E-state index in [0.29, 0.717) is 50.8 Å². The van der Waals surface area contributed by atoms with Gasteiger partial charge < -0.3 is 59.2 Å². The zero-order valence-corrected chi connectivity index (χ0v) is 39.9. The number of nitrogens with one attached hydrogen (secondary N) is 4. The van der Waals surface area contributed by atoms with E-state index in [0.717, 1.165) is 55.5 Å². The maximum absolute atomic E-state index is 14.0. The van der Waals surface area contributed by atoms with Gasteiger partial charge in [-0.25, -0.2) is 19.6 Å². The molecule has 8 atom stereocenters. The summed E-state index contributed by atoms with van der Waals surface area (Å²) in [6, 6.07) is 11.5. The number of hydrogen-bond acceptors (Lipinski definition) is 11. The molecule has 4 amide bonds. The van der Waals surface area contributed by atoms with E-state index in [-0.39, 0.29) is 23.8 Å². The van der Waals surface area contributed by atoms with Crippen LogP contribution in [0.4, 0.5) is 9.59 Å². The van der Waals surface area contributed by atoms with Gasteiger partial charge in [0.25, 0.3) is 0 Å². The highest BCUT2D eigenvalue weighted by Gasteiger charge is 2.43. The third-order valence-corrected chi connectivity index (χ3v) is 12.7. The Kier molecular flexibility index (Phi) is 15.1. The minimum atomic E-state index is -1.31. The summed E-state index contributed by atoms with van der Waals surface area (Å²) in [5.74, 6) is 2.98. The molecule has 2 fully saturated rings. The maximum Gasteiger partial charge on any atom is 0.407 e. The van der Waals surface area contributed by atoms with Gasteiger partial charge in [-0.2, -0.15) is 0 Å². The fourth-order valence-electron chi connectivity index (χ4n) is 9.33. The number of nitrogens with zero attached hydrogens (tertiary/aromatic N) is 4. The Balaban J connectivity index is 0.00000160. The molecule has 67 heavy (non-hydrogen) atoms. The Morgan fingerprint density at radius 3 is 2.18 bits per heavy atom. The van der Waals surface area contributed by atoms with Gasteiger partial charge in [0.15, 0.2) is 0 Å². The minimum absolute atomic E-state index is 0.0206. The fourth-order valence-corrected chi connectivity index (χ4v) is 9.33. The number of H-pyrrole nitrogens is 2.